The second-order valence-electron chi connectivity index (χ2n) is 6.91. The van der Waals surface area contributed by atoms with E-state index in [9.17, 15) is 5.11 Å². The summed E-state index contributed by atoms with van der Waals surface area (Å²) in [7, 11) is 0. The summed E-state index contributed by atoms with van der Waals surface area (Å²) in [5.74, 6) is 1.08. The van der Waals surface area contributed by atoms with Crippen molar-refractivity contribution < 1.29 is 14.6 Å². The van der Waals surface area contributed by atoms with E-state index in [0.717, 1.165) is 30.7 Å². The lowest BCUT2D eigenvalue weighted by Crippen LogP contribution is -2.63. The van der Waals surface area contributed by atoms with Crippen molar-refractivity contribution >= 4 is 12.4 Å². The second kappa shape index (κ2) is 8.05. The maximum Gasteiger partial charge on any atom is 0.138 e. The molecule has 2 atom stereocenters. The van der Waals surface area contributed by atoms with Crippen molar-refractivity contribution in [2.75, 3.05) is 26.3 Å². The zero-order chi connectivity index (χ0) is 16.3. The highest BCUT2D eigenvalue weighted by Gasteiger charge is 2.56. The number of para-hydroxylation sites is 1. The summed E-state index contributed by atoms with van der Waals surface area (Å²) in [6.07, 6.45) is 4.51. The highest BCUT2D eigenvalue weighted by Crippen LogP contribution is 2.49. The van der Waals surface area contributed by atoms with Crippen LogP contribution in [0.15, 0.2) is 24.3 Å². The van der Waals surface area contributed by atoms with E-state index < -0.39 is 11.2 Å². The fourth-order valence-electron chi connectivity index (χ4n) is 4.28. The molecule has 1 aliphatic carbocycles. The predicted molar refractivity (Wildman–Crippen MR) is 97.9 cm³/mol. The van der Waals surface area contributed by atoms with Crippen molar-refractivity contribution in [1.29, 1.82) is 0 Å². The Hall–Kier alpha value is -0.810. The first-order valence-electron chi connectivity index (χ1n) is 8.91. The van der Waals surface area contributed by atoms with Gasteiger partial charge in [-0.1, -0.05) is 31.0 Å². The molecule has 4 nitrogen and oxygen atoms in total. The molecule has 1 aliphatic heterocycles. The Bertz CT molecular complexity index is 523. The van der Waals surface area contributed by atoms with Gasteiger partial charge >= 0.3 is 0 Å². The Balaban J connectivity index is 0.00000208. The van der Waals surface area contributed by atoms with Gasteiger partial charge in [0.05, 0.1) is 18.8 Å². The largest absolute Gasteiger partial charge is 0.493 e. The normalized spacial score (nSPS) is 27.3. The molecule has 2 unspecified atom stereocenters. The monoisotopic (exact) mass is 355 g/mol. The Labute approximate surface area is 151 Å². The van der Waals surface area contributed by atoms with E-state index in [2.05, 4.69) is 5.32 Å². The molecule has 1 saturated carbocycles. The lowest BCUT2D eigenvalue weighted by molar-refractivity contribution is -0.216. The van der Waals surface area contributed by atoms with Crippen LogP contribution in [0.1, 0.15) is 45.1 Å². The van der Waals surface area contributed by atoms with Gasteiger partial charge in [-0.3, -0.25) is 0 Å². The number of halogens is 1. The lowest BCUT2D eigenvalue weighted by atomic mass is 9.69. The smallest absolute Gasteiger partial charge is 0.138 e. The van der Waals surface area contributed by atoms with Gasteiger partial charge in [-0.15, -0.1) is 12.4 Å². The van der Waals surface area contributed by atoms with Crippen LogP contribution in [0.4, 0.5) is 0 Å². The number of rotatable bonds is 5. The number of benzene rings is 1. The highest BCUT2D eigenvalue weighted by molar-refractivity contribution is 5.85. The van der Waals surface area contributed by atoms with Crippen molar-refractivity contribution in [3.63, 3.8) is 0 Å². The molecule has 136 valence electrons. The molecule has 0 aromatic heterocycles. The van der Waals surface area contributed by atoms with Crippen LogP contribution in [-0.2, 0) is 10.3 Å². The van der Waals surface area contributed by atoms with Gasteiger partial charge in [-0.2, -0.15) is 0 Å². The summed E-state index contributed by atoms with van der Waals surface area (Å²) in [6, 6.07) is 8.00. The molecule has 5 heteroatoms. The Kier molecular flexibility index (Phi) is 6.54. The molecular formula is C19H30ClNO3. The first kappa shape index (κ1) is 19.5. The molecule has 1 aromatic rings. The molecule has 2 fully saturated rings. The minimum atomic E-state index is -0.926. The molecule has 1 aromatic carbocycles. The number of aliphatic hydroxyl groups is 1. The van der Waals surface area contributed by atoms with Crippen molar-refractivity contribution in [2.45, 2.75) is 50.7 Å². The average molecular weight is 356 g/mol. The molecule has 2 aliphatic rings. The van der Waals surface area contributed by atoms with Gasteiger partial charge in [0, 0.05) is 18.7 Å². The van der Waals surface area contributed by atoms with E-state index in [0.29, 0.717) is 19.8 Å². The van der Waals surface area contributed by atoms with Crippen LogP contribution in [0.3, 0.4) is 0 Å². The minimum absolute atomic E-state index is 0. The van der Waals surface area contributed by atoms with Crippen LogP contribution in [-0.4, -0.2) is 37.0 Å². The Morgan fingerprint density at radius 2 is 2.04 bits per heavy atom. The molecule has 0 radical (unpaired) electrons. The lowest BCUT2D eigenvalue weighted by Gasteiger charge is -2.51. The molecule has 3 rings (SSSR count). The van der Waals surface area contributed by atoms with Gasteiger partial charge in [0.2, 0.25) is 0 Å². The molecule has 0 bridgehead atoms. The molecule has 1 heterocycles. The van der Waals surface area contributed by atoms with Gasteiger partial charge in [-0.25, -0.2) is 0 Å². The van der Waals surface area contributed by atoms with Crippen LogP contribution in [0.2, 0.25) is 0 Å². The summed E-state index contributed by atoms with van der Waals surface area (Å²) >= 11 is 0. The number of hydrogen-bond acceptors (Lipinski definition) is 4. The second-order valence-corrected chi connectivity index (χ2v) is 6.91. The van der Waals surface area contributed by atoms with E-state index >= 15 is 0 Å². The van der Waals surface area contributed by atoms with Crippen molar-refractivity contribution in [3.8, 4) is 5.75 Å². The molecule has 0 amide bonds. The number of hydrogen-bond donors (Lipinski definition) is 2. The summed E-state index contributed by atoms with van der Waals surface area (Å²) in [6.45, 7) is 6.58. The topological polar surface area (TPSA) is 50.7 Å². The molecular weight excluding hydrogens is 326 g/mol. The average Bonchev–Trinajstić information content (AvgIpc) is 3.11. The third-order valence-electron chi connectivity index (χ3n) is 5.59. The molecule has 2 N–H and O–H groups in total. The maximum atomic E-state index is 11.6. The van der Waals surface area contributed by atoms with Gasteiger partial charge in [-0.05, 0) is 38.7 Å². The van der Waals surface area contributed by atoms with Crippen LogP contribution in [0.5, 0.6) is 5.75 Å². The Morgan fingerprint density at radius 3 is 2.67 bits per heavy atom. The first-order valence-corrected chi connectivity index (χ1v) is 8.91. The van der Waals surface area contributed by atoms with E-state index in [1.165, 1.54) is 12.8 Å². The minimum Gasteiger partial charge on any atom is -0.493 e. The van der Waals surface area contributed by atoms with Crippen LogP contribution < -0.4 is 10.1 Å². The number of nitrogens with one attached hydrogen (secondary N) is 1. The van der Waals surface area contributed by atoms with E-state index in [-0.39, 0.29) is 18.3 Å². The van der Waals surface area contributed by atoms with Crippen LogP contribution in [0.25, 0.3) is 0 Å². The number of morpholine rings is 1. The van der Waals surface area contributed by atoms with Crippen LogP contribution >= 0.6 is 12.4 Å². The van der Waals surface area contributed by atoms with Crippen molar-refractivity contribution in [1.82, 2.24) is 5.32 Å². The first-order chi connectivity index (χ1) is 11.1. The van der Waals surface area contributed by atoms with Gasteiger partial charge < -0.3 is 19.9 Å². The zero-order valence-electron chi connectivity index (χ0n) is 14.7. The molecule has 0 spiro atoms. The molecule has 24 heavy (non-hydrogen) atoms. The third kappa shape index (κ3) is 3.30. The predicted octanol–water partition coefficient (Wildman–Crippen LogP) is 3.26. The standard InChI is InChI=1S/C19H29NO3.ClH/c1-3-22-17-11-7-6-10-16(17)19(14-20-12-13-23-19)18(2,21)15-8-4-5-9-15;/h6-7,10-11,15,20-21H,3-5,8-9,12-14H2,1-2H3;1H. The van der Waals surface area contributed by atoms with E-state index in [1.807, 2.05) is 38.1 Å². The molecule has 1 saturated heterocycles. The third-order valence-corrected chi connectivity index (χ3v) is 5.59. The van der Waals surface area contributed by atoms with Gasteiger partial charge in [0.1, 0.15) is 11.4 Å². The summed E-state index contributed by atoms with van der Waals surface area (Å²) in [4.78, 5) is 0. The maximum absolute atomic E-state index is 11.6. The summed E-state index contributed by atoms with van der Waals surface area (Å²) < 4.78 is 12.2. The highest BCUT2D eigenvalue weighted by atomic mass is 35.5. The summed E-state index contributed by atoms with van der Waals surface area (Å²) in [5.41, 5.74) is -0.721. The van der Waals surface area contributed by atoms with Crippen molar-refractivity contribution in [2.24, 2.45) is 5.92 Å². The van der Waals surface area contributed by atoms with Crippen molar-refractivity contribution in [3.05, 3.63) is 29.8 Å². The fourth-order valence-corrected chi connectivity index (χ4v) is 4.28. The van der Waals surface area contributed by atoms with E-state index in [1.54, 1.807) is 0 Å². The summed E-state index contributed by atoms with van der Waals surface area (Å²) in [5, 5.41) is 15.0. The fraction of sp³-hybridized carbons (Fsp3) is 0.684. The van der Waals surface area contributed by atoms with Gasteiger partial charge in [0.15, 0.2) is 0 Å². The zero-order valence-corrected chi connectivity index (χ0v) is 15.5. The quantitative estimate of drug-likeness (QED) is 0.851. The van der Waals surface area contributed by atoms with Gasteiger partial charge in [0.25, 0.3) is 0 Å². The SMILES string of the molecule is CCOc1ccccc1C1(C(C)(O)C2CCCC2)CNCCO1.Cl. The van der Waals surface area contributed by atoms with Crippen LogP contribution in [0, 0.1) is 5.92 Å². The number of ether oxygens (including phenoxy) is 2. The Morgan fingerprint density at radius 1 is 1.33 bits per heavy atom. The van der Waals surface area contributed by atoms with E-state index in [4.69, 9.17) is 9.47 Å².